The smallest absolute Gasteiger partial charge is 0.0708 e. The van der Waals surface area contributed by atoms with Crippen molar-refractivity contribution in [3.63, 3.8) is 0 Å². The minimum atomic E-state index is 0.325. The Hall–Kier alpha value is 0.310. The molecule has 0 spiro atoms. The summed E-state index contributed by atoms with van der Waals surface area (Å²) in [5.74, 6) is 3.69. The van der Waals surface area contributed by atoms with Gasteiger partial charge in [-0.3, -0.25) is 4.68 Å². The molecule has 108 valence electrons. The van der Waals surface area contributed by atoms with Gasteiger partial charge in [0.15, 0.2) is 0 Å². The van der Waals surface area contributed by atoms with Crippen LogP contribution in [0.25, 0.3) is 0 Å². The highest BCUT2D eigenvalue weighted by Gasteiger charge is 2.29. The fraction of sp³-hybridized carbons (Fsp3) is 0.750. The standard InChI is InChI=1S/C12H20BrN3OS2/c1-14-11(10-8-18-5-6-19-10)12-9(13)7-15-16(12)3-4-17-2/h7,10-11,14H,3-6,8H2,1-2H3. The number of aromatic nitrogens is 2. The highest BCUT2D eigenvalue weighted by atomic mass is 79.9. The van der Waals surface area contributed by atoms with Crippen LogP contribution in [0.4, 0.5) is 0 Å². The Balaban J connectivity index is 2.18. The molecule has 1 aromatic heterocycles. The summed E-state index contributed by atoms with van der Waals surface area (Å²) < 4.78 is 8.30. The van der Waals surface area contributed by atoms with E-state index in [1.807, 2.05) is 25.0 Å². The van der Waals surface area contributed by atoms with Crippen molar-refractivity contribution in [3.05, 3.63) is 16.4 Å². The van der Waals surface area contributed by atoms with Gasteiger partial charge >= 0.3 is 0 Å². The lowest BCUT2D eigenvalue weighted by Gasteiger charge is -2.30. The third-order valence-corrected chi connectivity index (χ3v) is 6.63. The molecule has 1 fully saturated rings. The van der Waals surface area contributed by atoms with Crippen molar-refractivity contribution < 1.29 is 4.74 Å². The number of nitrogens with zero attached hydrogens (tertiary/aromatic N) is 2. The van der Waals surface area contributed by atoms with Crippen molar-refractivity contribution in [2.75, 3.05) is 38.0 Å². The van der Waals surface area contributed by atoms with Crippen LogP contribution in [-0.2, 0) is 11.3 Å². The van der Waals surface area contributed by atoms with Gasteiger partial charge in [-0.15, -0.1) is 0 Å². The Morgan fingerprint density at radius 2 is 2.47 bits per heavy atom. The van der Waals surface area contributed by atoms with Crippen LogP contribution >= 0.6 is 39.5 Å². The molecule has 2 rings (SSSR count). The van der Waals surface area contributed by atoms with Gasteiger partial charge < -0.3 is 10.1 Å². The van der Waals surface area contributed by atoms with Gasteiger partial charge in [0, 0.05) is 29.6 Å². The van der Waals surface area contributed by atoms with Crippen molar-refractivity contribution in [1.29, 1.82) is 0 Å². The maximum atomic E-state index is 5.16. The SMILES string of the molecule is CNC(c1c(Br)cnn1CCOC)C1CSCCS1. The predicted octanol–water partition coefficient (Wildman–Crippen LogP) is 2.40. The van der Waals surface area contributed by atoms with E-state index in [9.17, 15) is 0 Å². The minimum absolute atomic E-state index is 0.325. The lowest BCUT2D eigenvalue weighted by atomic mass is 10.1. The van der Waals surface area contributed by atoms with Crippen LogP contribution < -0.4 is 5.32 Å². The summed E-state index contributed by atoms with van der Waals surface area (Å²) in [7, 11) is 3.76. The Bertz CT molecular complexity index is 396. The van der Waals surface area contributed by atoms with Crippen LogP contribution in [0.5, 0.6) is 0 Å². The summed E-state index contributed by atoms with van der Waals surface area (Å²) in [6, 6.07) is 0.325. The highest BCUT2D eigenvalue weighted by molar-refractivity contribution is 9.10. The Labute approximate surface area is 131 Å². The monoisotopic (exact) mass is 365 g/mol. The normalized spacial score (nSPS) is 21.5. The van der Waals surface area contributed by atoms with Gasteiger partial charge in [0.05, 0.1) is 35.6 Å². The molecule has 1 saturated heterocycles. The molecule has 0 aromatic carbocycles. The molecular formula is C12H20BrN3OS2. The lowest BCUT2D eigenvalue weighted by molar-refractivity contribution is 0.181. The molecule has 4 nitrogen and oxygen atoms in total. The summed E-state index contributed by atoms with van der Waals surface area (Å²) in [6.07, 6.45) is 1.88. The van der Waals surface area contributed by atoms with E-state index in [2.05, 4.69) is 42.8 Å². The molecule has 0 amide bonds. The molecule has 7 heteroatoms. The molecule has 0 aliphatic carbocycles. The third-order valence-electron chi connectivity index (χ3n) is 3.16. The van der Waals surface area contributed by atoms with Gasteiger partial charge in [0.25, 0.3) is 0 Å². The first kappa shape index (κ1) is 15.7. The molecule has 2 heterocycles. The molecule has 1 aromatic rings. The first-order valence-corrected chi connectivity index (χ1v) is 9.34. The first-order chi connectivity index (χ1) is 9.27. The number of thioether (sulfide) groups is 2. The molecule has 0 bridgehead atoms. The average Bonchev–Trinajstić information content (AvgIpc) is 2.80. The second-order valence-electron chi connectivity index (χ2n) is 4.34. The Morgan fingerprint density at radius 1 is 1.63 bits per heavy atom. The van der Waals surface area contributed by atoms with Crippen molar-refractivity contribution in [3.8, 4) is 0 Å². The number of hydrogen-bond acceptors (Lipinski definition) is 5. The van der Waals surface area contributed by atoms with Crippen molar-refractivity contribution in [2.24, 2.45) is 0 Å². The van der Waals surface area contributed by atoms with E-state index in [0.717, 1.165) is 11.0 Å². The van der Waals surface area contributed by atoms with Crippen LogP contribution in [-0.4, -0.2) is 53.1 Å². The van der Waals surface area contributed by atoms with E-state index in [4.69, 9.17) is 4.74 Å². The third kappa shape index (κ3) is 3.91. The maximum absolute atomic E-state index is 5.16. The fourth-order valence-electron chi connectivity index (χ4n) is 2.23. The van der Waals surface area contributed by atoms with Crippen LogP contribution in [0.2, 0.25) is 0 Å². The summed E-state index contributed by atoms with van der Waals surface area (Å²) in [6.45, 7) is 1.48. The zero-order valence-electron chi connectivity index (χ0n) is 11.3. The van der Waals surface area contributed by atoms with E-state index < -0.39 is 0 Å². The second-order valence-corrected chi connectivity index (χ2v) is 7.70. The number of halogens is 1. The molecule has 1 aliphatic rings. The van der Waals surface area contributed by atoms with Crippen molar-refractivity contribution in [2.45, 2.75) is 17.8 Å². The highest BCUT2D eigenvalue weighted by Crippen LogP contribution is 2.36. The Morgan fingerprint density at radius 3 is 3.11 bits per heavy atom. The average molecular weight is 366 g/mol. The number of rotatable bonds is 6. The van der Waals surface area contributed by atoms with Crippen LogP contribution in [0.3, 0.4) is 0 Å². The van der Waals surface area contributed by atoms with Gasteiger partial charge in [-0.05, 0) is 23.0 Å². The van der Waals surface area contributed by atoms with E-state index in [1.165, 1.54) is 23.0 Å². The molecule has 2 atom stereocenters. The molecule has 0 saturated carbocycles. The van der Waals surface area contributed by atoms with Gasteiger partial charge in [0.1, 0.15) is 0 Å². The van der Waals surface area contributed by atoms with Gasteiger partial charge in [-0.25, -0.2) is 0 Å². The number of nitrogens with one attached hydrogen (secondary N) is 1. The maximum Gasteiger partial charge on any atom is 0.0708 e. The molecule has 19 heavy (non-hydrogen) atoms. The molecular weight excluding hydrogens is 346 g/mol. The van der Waals surface area contributed by atoms with Crippen LogP contribution in [0.15, 0.2) is 10.7 Å². The van der Waals surface area contributed by atoms with Crippen molar-refractivity contribution in [1.82, 2.24) is 15.1 Å². The summed E-state index contributed by atoms with van der Waals surface area (Å²) >= 11 is 7.74. The lowest BCUT2D eigenvalue weighted by Crippen LogP contribution is -2.33. The Kier molecular flexibility index (Phi) is 6.55. The van der Waals surface area contributed by atoms with Crippen molar-refractivity contribution >= 4 is 39.5 Å². The molecule has 0 radical (unpaired) electrons. The molecule has 2 unspecified atom stereocenters. The number of methoxy groups -OCH3 is 1. The van der Waals surface area contributed by atoms with E-state index in [-0.39, 0.29) is 0 Å². The van der Waals surface area contributed by atoms with E-state index in [0.29, 0.717) is 17.9 Å². The zero-order chi connectivity index (χ0) is 13.7. The number of hydrogen-bond donors (Lipinski definition) is 1. The topological polar surface area (TPSA) is 39.1 Å². The predicted molar refractivity (Wildman–Crippen MR) is 87.2 cm³/mol. The molecule has 1 N–H and O–H groups in total. The summed E-state index contributed by atoms with van der Waals surface area (Å²) in [5, 5.41) is 8.51. The van der Waals surface area contributed by atoms with Gasteiger partial charge in [-0.1, -0.05) is 0 Å². The zero-order valence-corrected chi connectivity index (χ0v) is 14.5. The first-order valence-electron chi connectivity index (χ1n) is 6.34. The molecule has 1 aliphatic heterocycles. The van der Waals surface area contributed by atoms with Gasteiger partial charge in [-0.2, -0.15) is 28.6 Å². The fourth-order valence-corrected chi connectivity index (χ4v) is 5.66. The quantitative estimate of drug-likeness (QED) is 0.837. The van der Waals surface area contributed by atoms with E-state index >= 15 is 0 Å². The largest absolute Gasteiger partial charge is 0.383 e. The van der Waals surface area contributed by atoms with Crippen LogP contribution in [0.1, 0.15) is 11.7 Å². The summed E-state index contributed by atoms with van der Waals surface area (Å²) in [5.41, 5.74) is 1.24. The second kappa shape index (κ2) is 7.93. The summed E-state index contributed by atoms with van der Waals surface area (Å²) in [4.78, 5) is 0. The van der Waals surface area contributed by atoms with Gasteiger partial charge in [0.2, 0.25) is 0 Å². The van der Waals surface area contributed by atoms with E-state index in [1.54, 1.807) is 7.11 Å². The van der Waals surface area contributed by atoms with Crippen LogP contribution in [0, 0.1) is 0 Å². The minimum Gasteiger partial charge on any atom is -0.383 e. The number of ether oxygens (including phenoxy) is 1.